The van der Waals surface area contributed by atoms with E-state index in [1.54, 1.807) is 17.9 Å². The molecular formula is C14H21NO4. The Morgan fingerprint density at radius 2 is 2.21 bits per heavy atom. The summed E-state index contributed by atoms with van der Waals surface area (Å²) in [6, 6.07) is 0. The Kier molecular flexibility index (Phi) is 5.27. The van der Waals surface area contributed by atoms with E-state index in [1.807, 2.05) is 0 Å². The highest BCUT2D eigenvalue weighted by Gasteiger charge is 2.45. The predicted molar refractivity (Wildman–Crippen MR) is 70.4 cm³/mol. The maximum Gasteiger partial charge on any atom is 0.313 e. The molecule has 1 unspecified atom stereocenters. The van der Waals surface area contributed by atoms with Crippen molar-refractivity contribution in [3.8, 4) is 0 Å². The van der Waals surface area contributed by atoms with Gasteiger partial charge in [0.25, 0.3) is 0 Å². The van der Waals surface area contributed by atoms with Crippen molar-refractivity contribution in [2.24, 2.45) is 5.41 Å². The van der Waals surface area contributed by atoms with Crippen LogP contribution < -0.4 is 0 Å². The van der Waals surface area contributed by atoms with Crippen LogP contribution in [0.2, 0.25) is 0 Å². The largest absolute Gasteiger partial charge is 0.469 e. The Labute approximate surface area is 113 Å². The third-order valence-electron chi connectivity index (χ3n) is 3.62. The second kappa shape index (κ2) is 6.50. The van der Waals surface area contributed by atoms with E-state index >= 15 is 0 Å². The zero-order valence-electron chi connectivity index (χ0n) is 11.6. The number of hydrogen-bond donors (Lipinski definition) is 0. The van der Waals surface area contributed by atoms with Crippen LogP contribution in [-0.4, -0.2) is 42.8 Å². The Balaban J connectivity index is 2.78. The normalized spacial score (nSPS) is 23.1. The Hall–Kier alpha value is -1.65. The van der Waals surface area contributed by atoms with Gasteiger partial charge in [-0.15, -0.1) is 6.58 Å². The third kappa shape index (κ3) is 3.43. The average Bonchev–Trinajstić information content (AvgIpc) is 2.40. The lowest BCUT2D eigenvalue weighted by molar-refractivity contribution is -0.155. The van der Waals surface area contributed by atoms with E-state index in [4.69, 9.17) is 0 Å². The highest BCUT2D eigenvalue weighted by atomic mass is 16.5. The first-order valence-electron chi connectivity index (χ1n) is 6.46. The monoisotopic (exact) mass is 267 g/mol. The summed E-state index contributed by atoms with van der Waals surface area (Å²) in [4.78, 5) is 37.4. The number of Topliss-reactive ketones (excluding diaryl/α,β-unsaturated/α-hetero) is 1. The number of piperidine rings is 1. The van der Waals surface area contributed by atoms with E-state index in [-0.39, 0.29) is 18.1 Å². The lowest BCUT2D eigenvalue weighted by Crippen LogP contribution is -2.51. The average molecular weight is 267 g/mol. The number of ketones is 1. The molecule has 0 aromatic rings. The molecule has 0 aromatic carbocycles. The molecule has 19 heavy (non-hydrogen) atoms. The second-order valence-electron chi connectivity index (χ2n) is 4.98. The molecule has 0 spiro atoms. The van der Waals surface area contributed by atoms with Crippen molar-refractivity contribution < 1.29 is 19.1 Å². The lowest BCUT2D eigenvalue weighted by atomic mass is 9.76. The van der Waals surface area contributed by atoms with Crippen molar-refractivity contribution in [3.05, 3.63) is 12.7 Å². The first-order valence-corrected chi connectivity index (χ1v) is 6.46. The van der Waals surface area contributed by atoms with Crippen molar-refractivity contribution >= 4 is 17.7 Å². The maximum atomic E-state index is 12.4. The van der Waals surface area contributed by atoms with Gasteiger partial charge in [0.2, 0.25) is 5.91 Å². The van der Waals surface area contributed by atoms with Crippen LogP contribution in [0.1, 0.15) is 32.6 Å². The summed E-state index contributed by atoms with van der Waals surface area (Å²) in [5.74, 6) is -1.13. The van der Waals surface area contributed by atoms with Crippen LogP contribution in [0.4, 0.5) is 0 Å². The molecule has 0 aromatic heterocycles. The molecule has 0 N–H and O–H groups in total. The Morgan fingerprint density at radius 3 is 2.79 bits per heavy atom. The van der Waals surface area contributed by atoms with Gasteiger partial charge in [-0.25, -0.2) is 0 Å². The fourth-order valence-corrected chi connectivity index (χ4v) is 2.30. The molecule has 106 valence electrons. The zero-order chi connectivity index (χ0) is 14.5. The van der Waals surface area contributed by atoms with Gasteiger partial charge in [0, 0.05) is 13.1 Å². The number of ether oxygens (including phenoxy) is 1. The molecule has 1 saturated heterocycles. The molecule has 5 heteroatoms. The molecule has 0 saturated carbocycles. The molecule has 1 fully saturated rings. The first-order chi connectivity index (χ1) is 8.95. The molecule has 1 heterocycles. The fraction of sp³-hybridized carbons (Fsp3) is 0.643. The number of carbonyl (C=O) groups is 3. The highest BCUT2D eigenvalue weighted by Crippen LogP contribution is 2.33. The first kappa shape index (κ1) is 15.4. The summed E-state index contributed by atoms with van der Waals surface area (Å²) in [5, 5.41) is 0. The molecule has 0 radical (unpaired) electrons. The van der Waals surface area contributed by atoms with Crippen molar-refractivity contribution in [2.75, 3.05) is 20.2 Å². The smallest absolute Gasteiger partial charge is 0.313 e. The molecule has 1 amide bonds. The molecular weight excluding hydrogens is 246 g/mol. The van der Waals surface area contributed by atoms with Crippen molar-refractivity contribution in [3.63, 3.8) is 0 Å². The van der Waals surface area contributed by atoms with Gasteiger partial charge in [-0.1, -0.05) is 6.08 Å². The van der Waals surface area contributed by atoms with Crippen molar-refractivity contribution in [1.82, 2.24) is 4.90 Å². The summed E-state index contributed by atoms with van der Waals surface area (Å²) in [7, 11) is 1.23. The molecule has 0 bridgehead atoms. The number of methoxy groups -OCH3 is 1. The van der Waals surface area contributed by atoms with E-state index in [0.29, 0.717) is 25.9 Å². The number of nitrogens with zero attached hydrogens (tertiary/aromatic N) is 1. The SMILES string of the molecule is C=CCCN1CCCC(C)(C(=O)CC(=O)OC)C1=O. The minimum Gasteiger partial charge on any atom is -0.469 e. The number of likely N-dealkylation sites (tertiary alicyclic amines) is 1. The predicted octanol–water partition coefficient (Wildman–Crippen LogP) is 1.32. The zero-order valence-corrected chi connectivity index (χ0v) is 11.6. The lowest BCUT2D eigenvalue weighted by Gasteiger charge is -2.38. The highest BCUT2D eigenvalue weighted by molar-refractivity contribution is 6.11. The molecule has 1 aliphatic heterocycles. The van der Waals surface area contributed by atoms with E-state index in [9.17, 15) is 14.4 Å². The summed E-state index contributed by atoms with van der Waals surface area (Å²) in [6.45, 7) is 6.48. The van der Waals surface area contributed by atoms with Gasteiger partial charge in [-0.05, 0) is 26.2 Å². The van der Waals surface area contributed by atoms with Crippen LogP contribution in [0.5, 0.6) is 0 Å². The fourth-order valence-electron chi connectivity index (χ4n) is 2.30. The van der Waals surface area contributed by atoms with Gasteiger partial charge in [-0.2, -0.15) is 0 Å². The number of rotatable bonds is 6. The Bertz CT molecular complexity index is 391. The molecule has 0 aliphatic carbocycles. The summed E-state index contributed by atoms with van der Waals surface area (Å²) >= 11 is 0. The molecule has 1 rings (SSSR count). The topological polar surface area (TPSA) is 63.7 Å². The van der Waals surface area contributed by atoms with Crippen molar-refractivity contribution in [1.29, 1.82) is 0 Å². The molecule has 1 aliphatic rings. The minimum absolute atomic E-state index is 0.186. The van der Waals surface area contributed by atoms with Crippen LogP contribution in [0.3, 0.4) is 0 Å². The third-order valence-corrected chi connectivity index (χ3v) is 3.62. The summed E-state index contributed by atoms with van der Waals surface area (Å²) in [5.41, 5.74) is -1.09. The number of amides is 1. The number of esters is 1. The number of hydrogen-bond acceptors (Lipinski definition) is 4. The van der Waals surface area contributed by atoms with Gasteiger partial charge in [0.1, 0.15) is 11.8 Å². The standard InChI is InChI=1S/C14H21NO4/c1-4-5-8-15-9-6-7-14(2,13(15)18)11(16)10-12(17)19-3/h4H,1,5-10H2,2-3H3. The second-order valence-corrected chi connectivity index (χ2v) is 4.98. The van der Waals surface area contributed by atoms with E-state index < -0.39 is 11.4 Å². The maximum absolute atomic E-state index is 12.4. The quantitative estimate of drug-likeness (QED) is 0.413. The van der Waals surface area contributed by atoms with E-state index in [2.05, 4.69) is 11.3 Å². The van der Waals surface area contributed by atoms with E-state index in [0.717, 1.165) is 6.42 Å². The van der Waals surface area contributed by atoms with Crippen LogP contribution in [0, 0.1) is 5.41 Å². The van der Waals surface area contributed by atoms with E-state index in [1.165, 1.54) is 7.11 Å². The minimum atomic E-state index is -1.09. The number of carbonyl (C=O) groups excluding carboxylic acids is 3. The summed E-state index contributed by atoms with van der Waals surface area (Å²) < 4.78 is 4.49. The van der Waals surface area contributed by atoms with Gasteiger partial charge >= 0.3 is 5.97 Å². The van der Waals surface area contributed by atoms with Crippen molar-refractivity contribution in [2.45, 2.75) is 32.6 Å². The van der Waals surface area contributed by atoms with Gasteiger partial charge in [0.15, 0.2) is 5.78 Å². The van der Waals surface area contributed by atoms with Crippen LogP contribution in [0.25, 0.3) is 0 Å². The molecule has 5 nitrogen and oxygen atoms in total. The van der Waals surface area contributed by atoms with Crippen LogP contribution in [-0.2, 0) is 19.1 Å². The van der Waals surface area contributed by atoms with Gasteiger partial charge < -0.3 is 9.64 Å². The molecule has 1 atom stereocenters. The van der Waals surface area contributed by atoms with Crippen LogP contribution >= 0.6 is 0 Å². The van der Waals surface area contributed by atoms with Crippen LogP contribution in [0.15, 0.2) is 12.7 Å². The van der Waals surface area contributed by atoms with Gasteiger partial charge in [0.05, 0.1) is 7.11 Å². The summed E-state index contributed by atoms with van der Waals surface area (Å²) in [6.07, 6.45) is 3.37. The van der Waals surface area contributed by atoms with Gasteiger partial charge in [-0.3, -0.25) is 14.4 Å². The Morgan fingerprint density at radius 1 is 1.53 bits per heavy atom.